The summed E-state index contributed by atoms with van der Waals surface area (Å²) in [6.07, 6.45) is 4.51. The van der Waals surface area contributed by atoms with Crippen molar-refractivity contribution >= 4 is 11.9 Å². The summed E-state index contributed by atoms with van der Waals surface area (Å²) in [7, 11) is 0. The van der Waals surface area contributed by atoms with Gasteiger partial charge in [-0.2, -0.15) is 0 Å². The molecule has 2 aliphatic rings. The van der Waals surface area contributed by atoms with Crippen molar-refractivity contribution < 1.29 is 9.53 Å². The van der Waals surface area contributed by atoms with Crippen LogP contribution in [-0.4, -0.2) is 47.8 Å². The van der Waals surface area contributed by atoms with Crippen LogP contribution in [0.1, 0.15) is 57.7 Å². The van der Waals surface area contributed by atoms with E-state index in [0.717, 1.165) is 62.4 Å². The molecule has 1 aromatic rings. The number of hydrogen-bond acceptors (Lipinski definition) is 4. The predicted octanol–water partition coefficient (Wildman–Crippen LogP) is 4.56. The van der Waals surface area contributed by atoms with Crippen LogP contribution in [-0.2, 0) is 4.74 Å². The Morgan fingerprint density at radius 3 is 2.07 bits per heavy atom. The number of nitrogens with zero attached hydrogens (tertiary/aromatic N) is 3. The van der Waals surface area contributed by atoms with Crippen LogP contribution < -0.4 is 4.90 Å². The lowest BCUT2D eigenvalue weighted by atomic mass is 9.79. The van der Waals surface area contributed by atoms with Crippen molar-refractivity contribution in [2.24, 2.45) is 11.8 Å². The fourth-order valence-corrected chi connectivity index (χ4v) is 4.46. The molecule has 3 heterocycles. The van der Waals surface area contributed by atoms with Crippen LogP contribution in [0.2, 0.25) is 0 Å². The van der Waals surface area contributed by atoms with Crippen LogP contribution >= 0.6 is 0 Å². The van der Waals surface area contributed by atoms with Gasteiger partial charge in [0.05, 0.1) is 0 Å². The normalized spacial score (nSPS) is 20.0. The zero-order valence-corrected chi connectivity index (χ0v) is 17.6. The average Bonchev–Trinajstić information content (AvgIpc) is 2.60. The number of pyridine rings is 1. The van der Waals surface area contributed by atoms with Gasteiger partial charge in [0.15, 0.2) is 0 Å². The minimum atomic E-state index is -0.414. The van der Waals surface area contributed by atoms with Crippen LogP contribution in [0.25, 0.3) is 0 Å². The van der Waals surface area contributed by atoms with Gasteiger partial charge in [-0.05, 0) is 89.8 Å². The van der Waals surface area contributed by atoms with E-state index in [-0.39, 0.29) is 6.09 Å². The second-order valence-electron chi connectivity index (χ2n) is 9.27. The number of hydrogen-bond donors (Lipinski definition) is 0. The van der Waals surface area contributed by atoms with Gasteiger partial charge in [-0.25, -0.2) is 9.78 Å². The molecule has 1 aromatic heterocycles. The molecule has 3 rings (SSSR count). The minimum Gasteiger partial charge on any atom is -0.444 e. The van der Waals surface area contributed by atoms with Gasteiger partial charge in [-0.15, -0.1) is 0 Å². The number of carbonyl (C=O) groups excluding carboxylic acids is 1. The molecule has 0 atom stereocenters. The molecule has 2 aliphatic heterocycles. The van der Waals surface area contributed by atoms with Gasteiger partial charge in [0.1, 0.15) is 11.4 Å². The fraction of sp³-hybridized carbons (Fsp3) is 0.727. The summed E-state index contributed by atoms with van der Waals surface area (Å²) in [5, 5.41) is 0. The third kappa shape index (κ3) is 5.36. The molecule has 0 N–H and O–H groups in total. The summed E-state index contributed by atoms with van der Waals surface area (Å²) in [5.74, 6) is 2.64. The fourth-order valence-electron chi connectivity index (χ4n) is 4.46. The maximum Gasteiger partial charge on any atom is 0.410 e. The third-order valence-electron chi connectivity index (χ3n) is 5.81. The lowest BCUT2D eigenvalue weighted by molar-refractivity contribution is 0.0152. The van der Waals surface area contributed by atoms with Crippen molar-refractivity contribution in [1.29, 1.82) is 0 Å². The second kappa shape index (κ2) is 8.07. The highest BCUT2D eigenvalue weighted by Crippen LogP contribution is 2.34. The summed E-state index contributed by atoms with van der Waals surface area (Å²) in [6.45, 7) is 13.8. The van der Waals surface area contributed by atoms with Crippen molar-refractivity contribution in [3.63, 3.8) is 0 Å². The van der Waals surface area contributed by atoms with Gasteiger partial charge in [-0.1, -0.05) is 0 Å². The van der Waals surface area contributed by atoms with Gasteiger partial charge in [-0.3, -0.25) is 0 Å². The van der Waals surface area contributed by atoms with Gasteiger partial charge >= 0.3 is 6.09 Å². The van der Waals surface area contributed by atoms with Crippen molar-refractivity contribution in [2.45, 2.75) is 65.9 Å². The van der Waals surface area contributed by atoms with Crippen LogP contribution in [0, 0.1) is 25.7 Å². The molecular formula is C22H35N3O2. The molecule has 0 saturated carbocycles. The molecule has 5 heteroatoms. The highest BCUT2D eigenvalue weighted by atomic mass is 16.6. The molecule has 5 nitrogen and oxygen atoms in total. The van der Waals surface area contributed by atoms with E-state index in [4.69, 9.17) is 9.72 Å². The standard InChI is InChI=1S/C22H35N3O2/c1-16-14-17(2)23-20(15-16)24-10-6-18(7-11-24)19-8-12-25(13-9-19)21(26)27-22(3,4)5/h14-15,18-19H,6-13H2,1-5H3. The highest BCUT2D eigenvalue weighted by molar-refractivity contribution is 5.68. The van der Waals surface area contributed by atoms with Crippen LogP contribution in [0.3, 0.4) is 0 Å². The van der Waals surface area contributed by atoms with Crippen molar-refractivity contribution in [3.8, 4) is 0 Å². The minimum absolute atomic E-state index is 0.156. The molecule has 150 valence electrons. The molecule has 0 aromatic carbocycles. The Kier molecular flexibility index (Phi) is 5.97. The van der Waals surface area contributed by atoms with E-state index in [2.05, 4.69) is 30.9 Å². The summed E-state index contributed by atoms with van der Waals surface area (Å²) in [4.78, 5) is 21.3. The largest absolute Gasteiger partial charge is 0.444 e. The van der Waals surface area contributed by atoms with E-state index in [1.165, 1.54) is 18.4 Å². The lowest BCUT2D eigenvalue weighted by Crippen LogP contribution is -2.44. The van der Waals surface area contributed by atoms with Crippen LogP contribution in [0.4, 0.5) is 10.6 Å². The molecule has 0 radical (unpaired) electrons. The SMILES string of the molecule is Cc1cc(C)nc(N2CCC(C3CCN(C(=O)OC(C)(C)C)CC3)CC2)c1. The summed E-state index contributed by atoms with van der Waals surface area (Å²) in [6, 6.07) is 4.33. The van der Waals surface area contributed by atoms with Crippen molar-refractivity contribution in [3.05, 3.63) is 23.4 Å². The van der Waals surface area contributed by atoms with E-state index in [1.807, 2.05) is 25.7 Å². The Hall–Kier alpha value is -1.78. The van der Waals surface area contributed by atoms with Gasteiger partial charge < -0.3 is 14.5 Å². The Labute approximate surface area is 164 Å². The molecule has 0 aliphatic carbocycles. The van der Waals surface area contributed by atoms with Gasteiger partial charge in [0.2, 0.25) is 0 Å². The number of piperidine rings is 2. The topological polar surface area (TPSA) is 45.7 Å². The molecule has 27 heavy (non-hydrogen) atoms. The van der Waals surface area contributed by atoms with E-state index < -0.39 is 5.60 Å². The smallest absolute Gasteiger partial charge is 0.410 e. The molecule has 0 bridgehead atoms. The molecule has 1 amide bonds. The first-order chi connectivity index (χ1) is 12.7. The van der Waals surface area contributed by atoms with Crippen LogP contribution in [0.15, 0.2) is 12.1 Å². The number of rotatable bonds is 2. The molecule has 2 saturated heterocycles. The average molecular weight is 374 g/mol. The Morgan fingerprint density at radius 2 is 1.56 bits per heavy atom. The molecular weight excluding hydrogens is 338 g/mol. The zero-order valence-electron chi connectivity index (χ0n) is 17.6. The number of amides is 1. The number of aromatic nitrogens is 1. The van der Waals surface area contributed by atoms with E-state index in [1.54, 1.807) is 0 Å². The highest BCUT2D eigenvalue weighted by Gasteiger charge is 2.32. The third-order valence-corrected chi connectivity index (χ3v) is 5.81. The monoisotopic (exact) mass is 373 g/mol. The zero-order chi connectivity index (χ0) is 19.6. The first kappa shape index (κ1) is 20.0. The quantitative estimate of drug-likeness (QED) is 0.762. The first-order valence-electron chi connectivity index (χ1n) is 10.4. The first-order valence-corrected chi connectivity index (χ1v) is 10.4. The number of ether oxygens (including phenoxy) is 1. The number of anilines is 1. The van der Waals surface area contributed by atoms with E-state index >= 15 is 0 Å². The predicted molar refractivity (Wildman–Crippen MR) is 109 cm³/mol. The molecule has 0 spiro atoms. The Balaban J connectivity index is 1.48. The van der Waals surface area contributed by atoms with Crippen molar-refractivity contribution in [2.75, 3.05) is 31.1 Å². The molecule has 0 unspecified atom stereocenters. The maximum atomic E-state index is 12.2. The van der Waals surface area contributed by atoms with E-state index in [0.29, 0.717) is 0 Å². The summed E-state index contributed by atoms with van der Waals surface area (Å²) < 4.78 is 5.51. The maximum absolute atomic E-state index is 12.2. The number of likely N-dealkylation sites (tertiary alicyclic amines) is 1. The number of aryl methyl sites for hydroxylation is 2. The summed E-state index contributed by atoms with van der Waals surface area (Å²) >= 11 is 0. The Bertz CT molecular complexity index is 632. The summed E-state index contributed by atoms with van der Waals surface area (Å²) in [5.41, 5.74) is 1.97. The van der Waals surface area contributed by atoms with Crippen LogP contribution in [0.5, 0.6) is 0 Å². The Morgan fingerprint density at radius 1 is 1.00 bits per heavy atom. The van der Waals surface area contributed by atoms with Crippen molar-refractivity contribution in [1.82, 2.24) is 9.88 Å². The molecule has 2 fully saturated rings. The van der Waals surface area contributed by atoms with E-state index in [9.17, 15) is 4.79 Å². The lowest BCUT2D eigenvalue weighted by Gasteiger charge is -2.40. The number of carbonyl (C=O) groups is 1. The van der Waals surface area contributed by atoms with Gasteiger partial charge in [0, 0.05) is 31.9 Å². The van der Waals surface area contributed by atoms with Gasteiger partial charge in [0.25, 0.3) is 0 Å². The second-order valence-corrected chi connectivity index (χ2v) is 9.27.